The monoisotopic (exact) mass is 310 g/mol. The molecule has 8 nitrogen and oxygen atoms in total. The average Bonchev–Trinajstić information content (AvgIpc) is 2.83. The predicted octanol–water partition coefficient (Wildman–Crippen LogP) is 0.792. The summed E-state index contributed by atoms with van der Waals surface area (Å²) in [6.07, 6.45) is 4.30. The molecule has 0 saturated heterocycles. The number of rotatable bonds is 6. The summed E-state index contributed by atoms with van der Waals surface area (Å²) >= 11 is 0. The lowest BCUT2D eigenvalue weighted by molar-refractivity contribution is -0.136. The number of sulfonamides is 1. The van der Waals surface area contributed by atoms with Crippen LogP contribution in [0.5, 0.6) is 0 Å². The molecule has 0 spiro atoms. The fourth-order valence-corrected chi connectivity index (χ4v) is 2.75. The first-order valence-corrected chi connectivity index (χ1v) is 7.72. The maximum atomic E-state index is 11.9. The second-order valence-electron chi connectivity index (χ2n) is 4.28. The Kier molecular flexibility index (Phi) is 4.22. The van der Waals surface area contributed by atoms with Gasteiger partial charge in [0.25, 0.3) is 0 Å². The molecule has 0 aliphatic heterocycles. The molecule has 0 radical (unpaired) electrons. The molecular formula is C12H14N4O4S. The van der Waals surface area contributed by atoms with Gasteiger partial charge in [0.1, 0.15) is 5.82 Å². The fraction of sp³-hybridized carbons (Fsp3) is 0.250. The summed E-state index contributed by atoms with van der Waals surface area (Å²) in [5.41, 5.74) is 0.268. The highest BCUT2D eigenvalue weighted by Gasteiger charge is 2.16. The first-order valence-electron chi connectivity index (χ1n) is 6.07. The van der Waals surface area contributed by atoms with Crippen LogP contribution in [0.2, 0.25) is 0 Å². The minimum Gasteiger partial charge on any atom is -0.481 e. The van der Waals surface area contributed by atoms with E-state index >= 15 is 0 Å². The van der Waals surface area contributed by atoms with Crippen molar-refractivity contribution in [2.45, 2.75) is 13.3 Å². The van der Waals surface area contributed by atoms with E-state index < -0.39 is 28.2 Å². The quantitative estimate of drug-likeness (QED) is 0.815. The molecule has 112 valence electrons. The first kappa shape index (κ1) is 15.0. The van der Waals surface area contributed by atoms with Gasteiger partial charge in [0.15, 0.2) is 5.82 Å². The van der Waals surface area contributed by atoms with Gasteiger partial charge in [0, 0.05) is 18.6 Å². The molecule has 0 aliphatic carbocycles. The maximum absolute atomic E-state index is 11.9. The maximum Gasteiger partial charge on any atom is 0.304 e. The van der Waals surface area contributed by atoms with E-state index in [9.17, 15) is 13.2 Å². The SMILES string of the molecule is Cc1nccn1-c1ncccc1NS(=O)(=O)CCC(=O)O. The van der Waals surface area contributed by atoms with Gasteiger partial charge in [-0.05, 0) is 19.1 Å². The van der Waals surface area contributed by atoms with Gasteiger partial charge in [0.05, 0.1) is 17.9 Å². The molecular weight excluding hydrogens is 296 g/mol. The van der Waals surface area contributed by atoms with E-state index in [0.29, 0.717) is 11.6 Å². The third-order valence-electron chi connectivity index (χ3n) is 2.69. The Balaban J connectivity index is 2.30. The molecule has 21 heavy (non-hydrogen) atoms. The molecule has 2 aromatic rings. The molecule has 0 fully saturated rings. The van der Waals surface area contributed by atoms with Gasteiger partial charge in [-0.25, -0.2) is 18.4 Å². The number of carboxylic acids is 1. The minimum absolute atomic E-state index is 0.268. The van der Waals surface area contributed by atoms with Crippen molar-refractivity contribution in [2.24, 2.45) is 0 Å². The van der Waals surface area contributed by atoms with Gasteiger partial charge in [0.2, 0.25) is 10.0 Å². The van der Waals surface area contributed by atoms with Crippen molar-refractivity contribution in [3.05, 3.63) is 36.5 Å². The van der Waals surface area contributed by atoms with Crippen LogP contribution in [0.4, 0.5) is 5.69 Å². The average molecular weight is 310 g/mol. The molecule has 2 heterocycles. The molecule has 0 saturated carbocycles. The molecule has 2 aromatic heterocycles. The van der Waals surface area contributed by atoms with Crippen molar-refractivity contribution >= 4 is 21.7 Å². The standard InChI is InChI=1S/C12H14N4O4S/c1-9-13-6-7-16(9)12-10(3-2-5-14-12)15-21(19,20)8-4-11(17)18/h2-3,5-7,15H,4,8H2,1H3,(H,17,18). The fourth-order valence-electron chi connectivity index (χ4n) is 1.71. The number of carbonyl (C=O) groups is 1. The van der Waals surface area contributed by atoms with Gasteiger partial charge in [-0.15, -0.1) is 0 Å². The first-order chi connectivity index (χ1) is 9.89. The lowest BCUT2D eigenvalue weighted by Gasteiger charge is -2.12. The number of nitrogens with zero attached hydrogens (tertiary/aromatic N) is 3. The van der Waals surface area contributed by atoms with E-state index in [0.717, 1.165) is 0 Å². The second kappa shape index (κ2) is 5.92. The number of carboxylic acid groups (broad SMARTS) is 1. The van der Waals surface area contributed by atoms with Crippen LogP contribution in [-0.2, 0) is 14.8 Å². The predicted molar refractivity (Wildman–Crippen MR) is 75.8 cm³/mol. The summed E-state index contributed by atoms with van der Waals surface area (Å²) in [5, 5.41) is 8.57. The third kappa shape index (κ3) is 3.78. The number of aromatic nitrogens is 3. The van der Waals surface area contributed by atoms with Crippen LogP contribution in [0.1, 0.15) is 12.2 Å². The normalized spacial score (nSPS) is 11.3. The number of hydrogen-bond acceptors (Lipinski definition) is 5. The zero-order chi connectivity index (χ0) is 15.5. The summed E-state index contributed by atoms with van der Waals surface area (Å²) < 4.78 is 27.8. The van der Waals surface area contributed by atoms with E-state index in [4.69, 9.17) is 5.11 Å². The second-order valence-corrected chi connectivity index (χ2v) is 6.13. The Morgan fingerprint density at radius 2 is 2.14 bits per heavy atom. The molecule has 9 heteroatoms. The van der Waals surface area contributed by atoms with Gasteiger partial charge in [-0.2, -0.15) is 0 Å². The Bertz CT molecular complexity index is 754. The van der Waals surface area contributed by atoms with Crippen molar-refractivity contribution in [3.63, 3.8) is 0 Å². The summed E-state index contributed by atoms with van der Waals surface area (Å²) in [6, 6.07) is 3.14. The molecule has 0 unspecified atom stereocenters. The van der Waals surface area contributed by atoms with Crippen LogP contribution < -0.4 is 4.72 Å². The van der Waals surface area contributed by atoms with Gasteiger partial charge in [-0.1, -0.05) is 0 Å². The Labute approximate surface area is 121 Å². The zero-order valence-electron chi connectivity index (χ0n) is 11.2. The Hall–Kier alpha value is -2.42. The highest BCUT2D eigenvalue weighted by molar-refractivity contribution is 7.92. The van der Waals surface area contributed by atoms with Crippen LogP contribution in [0.15, 0.2) is 30.7 Å². The summed E-state index contributed by atoms with van der Waals surface area (Å²) in [7, 11) is -3.76. The lowest BCUT2D eigenvalue weighted by atomic mass is 10.4. The number of nitrogens with one attached hydrogen (secondary N) is 1. The zero-order valence-corrected chi connectivity index (χ0v) is 12.0. The third-order valence-corrected chi connectivity index (χ3v) is 3.96. The number of imidazole rings is 1. The summed E-state index contributed by atoms with van der Waals surface area (Å²) in [5.74, 6) is -0.636. The molecule has 0 aromatic carbocycles. The van der Waals surface area contributed by atoms with Gasteiger partial charge in [-0.3, -0.25) is 14.1 Å². The summed E-state index contributed by atoms with van der Waals surface area (Å²) in [4.78, 5) is 18.7. The molecule has 0 aliphatic rings. The van der Waals surface area contributed by atoms with Gasteiger partial charge < -0.3 is 5.11 Å². The van der Waals surface area contributed by atoms with E-state index in [1.807, 2.05) is 0 Å². The molecule has 0 amide bonds. The van der Waals surface area contributed by atoms with Crippen LogP contribution in [0.25, 0.3) is 5.82 Å². The smallest absolute Gasteiger partial charge is 0.304 e. The van der Waals surface area contributed by atoms with Crippen LogP contribution in [0, 0.1) is 6.92 Å². The Morgan fingerprint density at radius 1 is 1.38 bits per heavy atom. The topological polar surface area (TPSA) is 114 Å². The molecule has 0 bridgehead atoms. The Morgan fingerprint density at radius 3 is 2.76 bits per heavy atom. The van der Waals surface area contributed by atoms with Crippen LogP contribution in [0.3, 0.4) is 0 Å². The van der Waals surface area contributed by atoms with E-state index in [-0.39, 0.29) is 5.69 Å². The van der Waals surface area contributed by atoms with Crippen molar-refractivity contribution in [1.29, 1.82) is 0 Å². The van der Waals surface area contributed by atoms with Crippen molar-refractivity contribution in [1.82, 2.24) is 14.5 Å². The number of aryl methyl sites for hydroxylation is 1. The molecule has 0 atom stereocenters. The van der Waals surface area contributed by atoms with Crippen molar-refractivity contribution in [3.8, 4) is 5.82 Å². The van der Waals surface area contributed by atoms with E-state index in [2.05, 4.69) is 14.7 Å². The lowest BCUT2D eigenvalue weighted by Crippen LogP contribution is -2.20. The number of hydrogen-bond donors (Lipinski definition) is 2. The molecule has 2 N–H and O–H groups in total. The van der Waals surface area contributed by atoms with Crippen LogP contribution in [-0.4, -0.2) is 39.8 Å². The minimum atomic E-state index is -3.76. The highest BCUT2D eigenvalue weighted by atomic mass is 32.2. The largest absolute Gasteiger partial charge is 0.481 e. The van der Waals surface area contributed by atoms with Crippen molar-refractivity contribution in [2.75, 3.05) is 10.5 Å². The van der Waals surface area contributed by atoms with Crippen molar-refractivity contribution < 1.29 is 18.3 Å². The number of aliphatic carboxylic acids is 1. The van der Waals surface area contributed by atoms with E-state index in [1.54, 1.807) is 36.0 Å². The number of anilines is 1. The highest BCUT2D eigenvalue weighted by Crippen LogP contribution is 2.19. The number of pyridine rings is 1. The van der Waals surface area contributed by atoms with Gasteiger partial charge >= 0.3 is 5.97 Å². The van der Waals surface area contributed by atoms with Crippen LogP contribution >= 0.6 is 0 Å². The summed E-state index contributed by atoms with van der Waals surface area (Å²) in [6.45, 7) is 1.76. The van der Waals surface area contributed by atoms with E-state index in [1.165, 1.54) is 6.20 Å². The molecule has 2 rings (SSSR count).